The van der Waals surface area contributed by atoms with Gasteiger partial charge in [-0.1, -0.05) is 12.1 Å². The molecule has 3 heteroatoms. The minimum absolute atomic E-state index is 0.0842. The molecule has 0 fully saturated rings. The Hall–Kier alpha value is -1.06. The molecule has 1 rings (SSSR count). The number of nitrogens with zero attached hydrogens (tertiary/aromatic N) is 1. The molecule has 0 radical (unpaired) electrons. The van der Waals surface area contributed by atoms with Gasteiger partial charge in [-0.05, 0) is 38.7 Å². The van der Waals surface area contributed by atoms with Crippen molar-refractivity contribution in [1.29, 1.82) is 0 Å². The van der Waals surface area contributed by atoms with Crippen molar-refractivity contribution in [3.05, 3.63) is 29.8 Å². The lowest BCUT2D eigenvalue weighted by atomic mass is 10.0. The van der Waals surface area contributed by atoms with Crippen molar-refractivity contribution in [2.45, 2.75) is 19.1 Å². The third kappa shape index (κ3) is 2.97. The van der Waals surface area contributed by atoms with Crippen molar-refractivity contribution < 1.29 is 9.47 Å². The van der Waals surface area contributed by atoms with Crippen LogP contribution in [-0.4, -0.2) is 39.3 Å². The average Bonchev–Trinajstić information content (AvgIpc) is 2.30. The number of rotatable bonds is 5. The summed E-state index contributed by atoms with van der Waals surface area (Å²) in [5.74, 6) is 0.871. The van der Waals surface area contributed by atoms with Gasteiger partial charge in [0.1, 0.15) is 5.75 Å². The molecule has 1 aromatic rings. The highest BCUT2D eigenvalue weighted by molar-refractivity contribution is 5.29. The molecule has 0 aliphatic rings. The van der Waals surface area contributed by atoms with Gasteiger partial charge in [-0.2, -0.15) is 0 Å². The van der Waals surface area contributed by atoms with Crippen molar-refractivity contribution in [1.82, 2.24) is 4.90 Å². The van der Waals surface area contributed by atoms with Crippen molar-refractivity contribution in [3.8, 4) is 5.75 Å². The standard InChI is InChI=1S/C13H21NO2/c1-10(14(2)3)13(16-5)11-6-8-12(15-4)9-7-11/h6-10,13H,1-5H3/t10-,13-/m1/s1. The topological polar surface area (TPSA) is 21.7 Å². The summed E-state index contributed by atoms with van der Waals surface area (Å²) in [6.45, 7) is 2.15. The molecule has 0 saturated heterocycles. The van der Waals surface area contributed by atoms with Crippen molar-refractivity contribution in [2.75, 3.05) is 28.3 Å². The van der Waals surface area contributed by atoms with Crippen LogP contribution in [0, 0.1) is 0 Å². The Kier molecular flexibility index (Phi) is 4.77. The summed E-state index contributed by atoms with van der Waals surface area (Å²) >= 11 is 0. The third-order valence-electron chi connectivity index (χ3n) is 2.95. The molecule has 0 N–H and O–H groups in total. The number of methoxy groups -OCH3 is 2. The molecule has 16 heavy (non-hydrogen) atoms. The minimum Gasteiger partial charge on any atom is -0.497 e. The second-order valence-corrected chi connectivity index (χ2v) is 4.13. The lowest BCUT2D eigenvalue weighted by molar-refractivity contribution is 0.0387. The number of hydrogen-bond donors (Lipinski definition) is 0. The number of benzene rings is 1. The Morgan fingerprint density at radius 3 is 2.00 bits per heavy atom. The van der Waals surface area contributed by atoms with E-state index in [1.54, 1.807) is 14.2 Å². The summed E-state index contributed by atoms with van der Waals surface area (Å²) in [4.78, 5) is 2.15. The molecule has 0 aliphatic heterocycles. The molecule has 0 heterocycles. The van der Waals surface area contributed by atoms with Gasteiger partial charge in [0.2, 0.25) is 0 Å². The lowest BCUT2D eigenvalue weighted by Gasteiger charge is -2.28. The van der Waals surface area contributed by atoms with Crippen LogP contribution in [0.3, 0.4) is 0 Å². The van der Waals surface area contributed by atoms with E-state index >= 15 is 0 Å². The maximum Gasteiger partial charge on any atom is 0.118 e. The Labute approximate surface area is 98.0 Å². The maximum absolute atomic E-state index is 5.55. The number of ether oxygens (including phenoxy) is 2. The fourth-order valence-electron chi connectivity index (χ4n) is 1.68. The zero-order chi connectivity index (χ0) is 12.1. The van der Waals surface area contributed by atoms with Gasteiger partial charge < -0.3 is 14.4 Å². The first-order valence-electron chi connectivity index (χ1n) is 5.43. The van der Waals surface area contributed by atoms with Crippen molar-refractivity contribution in [2.24, 2.45) is 0 Å². The van der Waals surface area contributed by atoms with Crippen LogP contribution in [0.1, 0.15) is 18.6 Å². The Morgan fingerprint density at radius 1 is 1.06 bits per heavy atom. The average molecular weight is 223 g/mol. The predicted octanol–water partition coefficient (Wildman–Crippen LogP) is 2.33. The highest BCUT2D eigenvalue weighted by Crippen LogP contribution is 2.24. The first-order chi connectivity index (χ1) is 7.60. The first kappa shape index (κ1) is 13.0. The quantitative estimate of drug-likeness (QED) is 0.764. The summed E-state index contributed by atoms with van der Waals surface area (Å²) in [5, 5.41) is 0. The SMILES string of the molecule is COc1ccc([C@H](OC)[C@@H](C)N(C)C)cc1. The summed E-state index contributed by atoms with van der Waals surface area (Å²) < 4.78 is 10.7. The number of likely N-dealkylation sites (N-methyl/N-ethyl adjacent to an activating group) is 1. The van der Waals surface area contributed by atoms with E-state index in [2.05, 4.69) is 25.9 Å². The van der Waals surface area contributed by atoms with E-state index in [0.29, 0.717) is 6.04 Å². The molecule has 0 aliphatic carbocycles. The van der Waals surface area contributed by atoms with Gasteiger partial charge in [0.05, 0.1) is 13.2 Å². The van der Waals surface area contributed by atoms with Gasteiger partial charge in [-0.3, -0.25) is 0 Å². The normalized spacial score (nSPS) is 14.9. The van der Waals surface area contributed by atoms with E-state index < -0.39 is 0 Å². The molecule has 2 atom stereocenters. The highest BCUT2D eigenvalue weighted by Gasteiger charge is 2.20. The van der Waals surface area contributed by atoms with Crippen LogP contribution in [0.25, 0.3) is 0 Å². The molecule has 0 bridgehead atoms. The fourth-order valence-corrected chi connectivity index (χ4v) is 1.68. The van der Waals surface area contributed by atoms with Crippen LogP contribution in [0.5, 0.6) is 5.75 Å². The van der Waals surface area contributed by atoms with Crippen LogP contribution < -0.4 is 4.74 Å². The van der Waals surface area contributed by atoms with Crippen LogP contribution >= 0.6 is 0 Å². The zero-order valence-corrected chi connectivity index (χ0v) is 10.7. The second-order valence-electron chi connectivity index (χ2n) is 4.13. The van der Waals surface area contributed by atoms with E-state index in [4.69, 9.17) is 9.47 Å². The lowest BCUT2D eigenvalue weighted by Crippen LogP contribution is -2.32. The van der Waals surface area contributed by atoms with E-state index in [0.717, 1.165) is 5.75 Å². The van der Waals surface area contributed by atoms with E-state index in [9.17, 15) is 0 Å². The molecule has 0 amide bonds. The largest absolute Gasteiger partial charge is 0.497 e. The molecule has 0 saturated carbocycles. The molecule has 0 spiro atoms. The zero-order valence-electron chi connectivity index (χ0n) is 10.7. The van der Waals surface area contributed by atoms with Crippen molar-refractivity contribution in [3.63, 3.8) is 0 Å². The van der Waals surface area contributed by atoms with Crippen molar-refractivity contribution >= 4 is 0 Å². The molecule has 90 valence electrons. The monoisotopic (exact) mass is 223 g/mol. The second kappa shape index (κ2) is 5.87. The fraction of sp³-hybridized carbons (Fsp3) is 0.538. The molecular weight excluding hydrogens is 202 g/mol. The van der Waals surface area contributed by atoms with Gasteiger partial charge in [-0.25, -0.2) is 0 Å². The van der Waals surface area contributed by atoms with Gasteiger partial charge in [0.25, 0.3) is 0 Å². The Morgan fingerprint density at radius 2 is 1.62 bits per heavy atom. The van der Waals surface area contributed by atoms with E-state index in [1.807, 2.05) is 24.3 Å². The summed E-state index contributed by atoms with van der Waals surface area (Å²) in [7, 11) is 7.53. The van der Waals surface area contributed by atoms with E-state index in [-0.39, 0.29) is 6.10 Å². The third-order valence-corrected chi connectivity index (χ3v) is 2.95. The smallest absolute Gasteiger partial charge is 0.118 e. The van der Waals surface area contributed by atoms with Gasteiger partial charge >= 0.3 is 0 Å². The summed E-state index contributed by atoms with van der Waals surface area (Å²) in [6, 6.07) is 8.35. The first-order valence-corrected chi connectivity index (χ1v) is 5.43. The van der Waals surface area contributed by atoms with Crippen LogP contribution in [0.2, 0.25) is 0 Å². The van der Waals surface area contributed by atoms with Crippen LogP contribution in [-0.2, 0) is 4.74 Å². The maximum atomic E-state index is 5.55. The predicted molar refractivity (Wildman–Crippen MR) is 65.9 cm³/mol. The van der Waals surface area contributed by atoms with Crippen LogP contribution in [0.15, 0.2) is 24.3 Å². The molecular formula is C13H21NO2. The van der Waals surface area contributed by atoms with Gasteiger partial charge in [0.15, 0.2) is 0 Å². The Bertz CT molecular complexity index is 308. The van der Waals surface area contributed by atoms with Crippen LogP contribution in [0.4, 0.5) is 0 Å². The Balaban J connectivity index is 2.86. The number of hydrogen-bond acceptors (Lipinski definition) is 3. The van der Waals surface area contributed by atoms with Gasteiger partial charge in [0, 0.05) is 13.2 Å². The molecule has 0 unspecified atom stereocenters. The molecule has 0 aromatic heterocycles. The molecule has 1 aromatic carbocycles. The summed E-state index contributed by atoms with van der Waals surface area (Å²) in [5.41, 5.74) is 1.17. The molecule has 3 nitrogen and oxygen atoms in total. The highest BCUT2D eigenvalue weighted by atomic mass is 16.5. The van der Waals surface area contributed by atoms with Gasteiger partial charge in [-0.15, -0.1) is 0 Å². The minimum atomic E-state index is 0.0842. The van der Waals surface area contributed by atoms with E-state index in [1.165, 1.54) is 5.56 Å². The summed E-state index contributed by atoms with van der Waals surface area (Å²) in [6.07, 6.45) is 0.0842.